The van der Waals surface area contributed by atoms with Crippen molar-refractivity contribution in [3.8, 4) is 0 Å². The van der Waals surface area contributed by atoms with Gasteiger partial charge in [0.05, 0.1) is 0 Å². The normalized spacial score (nSPS) is 10.4. The number of hydrogen-bond acceptors (Lipinski definition) is 3. The van der Waals surface area contributed by atoms with Gasteiger partial charge in [0.1, 0.15) is 6.33 Å². The first-order valence-corrected chi connectivity index (χ1v) is 3.84. The molecule has 2 aromatic rings. The first kappa shape index (κ1) is 10.7. The molecular weight excluding hydrogens is 241 g/mol. The summed E-state index contributed by atoms with van der Waals surface area (Å²) in [6, 6.07) is 0.338. The summed E-state index contributed by atoms with van der Waals surface area (Å²) >= 11 is 0. The maximum atomic E-state index is 4.12. The maximum Gasteiger partial charge on any atom is 0.101 e. The van der Waals surface area contributed by atoms with Crippen molar-refractivity contribution >= 4 is 11.2 Å². The molecule has 1 radical (unpaired) electrons. The molecule has 13 heavy (non-hydrogen) atoms. The van der Waals surface area contributed by atoms with Crippen LogP contribution in [0.5, 0.6) is 0 Å². The van der Waals surface area contributed by atoms with Gasteiger partial charge in [-0.3, -0.25) is 9.97 Å². The number of fused-ring (bicyclic) bond motifs is 1. The fourth-order valence-electron chi connectivity index (χ4n) is 1.10. The average Bonchev–Trinajstić information content (AvgIpc) is 2.47. The van der Waals surface area contributed by atoms with E-state index >= 15 is 0 Å². The van der Waals surface area contributed by atoms with Gasteiger partial charge in [-0.1, -0.05) is 0 Å². The largest absolute Gasteiger partial charge is 0.430 e. The zero-order valence-electron chi connectivity index (χ0n) is 7.60. The Morgan fingerprint density at radius 3 is 2.92 bits per heavy atom. The van der Waals surface area contributed by atoms with Crippen LogP contribution in [0.4, 0.5) is 0 Å². The van der Waals surface area contributed by atoms with E-state index in [9.17, 15) is 0 Å². The molecule has 0 aliphatic carbocycles. The molecule has 2 heterocycles. The van der Waals surface area contributed by atoms with Crippen LogP contribution in [-0.2, 0) is 32.7 Å². The molecule has 0 bridgehead atoms. The Labute approximate surface area is 102 Å². The zero-order valence-corrected chi connectivity index (χ0v) is 10.4. The van der Waals surface area contributed by atoms with Crippen LogP contribution in [0, 0.1) is 6.33 Å². The molecule has 0 unspecified atom stereocenters. The summed E-state index contributed by atoms with van der Waals surface area (Å²) in [5.74, 6) is 0. The molecule has 0 N–H and O–H groups in total. The summed E-state index contributed by atoms with van der Waals surface area (Å²) in [5.41, 5.74) is 1.64. The van der Waals surface area contributed by atoms with Crippen LogP contribution >= 0.6 is 0 Å². The molecule has 0 fully saturated rings. The van der Waals surface area contributed by atoms with Crippen LogP contribution in [0.1, 0.15) is 19.9 Å². The van der Waals surface area contributed by atoms with E-state index in [1.54, 1.807) is 6.20 Å². The van der Waals surface area contributed by atoms with E-state index in [0.717, 1.165) is 11.2 Å². The minimum atomic E-state index is 0. The van der Waals surface area contributed by atoms with E-state index in [1.165, 1.54) is 6.33 Å². The fraction of sp³-hybridized carbons (Fsp3) is 0.375. The molecule has 0 atom stereocenters. The van der Waals surface area contributed by atoms with Gasteiger partial charge in [0.25, 0.3) is 0 Å². The fourth-order valence-corrected chi connectivity index (χ4v) is 1.10. The molecule has 4 nitrogen and oxygen atoms in total. The Morgan fingerprint density at radius 2 is 2.23 bits per heavy atom. The minimum absolute atomic E-state index is 0. The predicted octanol–water partition coefficient (Wildman–Crippen LogP) is 1.20. The van der Waals surface area contributed by atoms with Gasteiger partial charge < -0.3 is 9.55 Å². The summed E-state index contributed by atoms with van der Waals surface area (Å²) < 4.78 is 1.90. The third kappa shape index (κ3) is 1.94. The molecule has 5 heteroatoms. The van der Waals surface area contributed by atoms with Gasteiger partial charge in [-0.15, -0.1) is 0 Å². The molecule has 0 saturated heterocycles. The number of hydrogen-bond donors (Lipinski definition) is 0. The Morgan fingerprint density at radius 1 is 1.46 bits per heavy atom. The molecular formula is C8H9N4Y-. The van der Waals surface area contributed by atoms with Gasteiger partial charge in [-0.25, -0.2) is 0 Å². The van der Waals surface area contributed by atoms with Crippen molar-refractivity contribution in [3.05, 3.63) is 18.9 Å². The number of imidazole rings is 1. The monoisotopic (exact) mass is 250 g/mol. The third-order valence-corrected chi connectivity index (χ3v) is 1.70. The molecule has 0 aromatic carbocycles. The predicted molar refractivity (Wildman–Crippen MR) is 44.5 cm³/mol. The first-order chi connectivity index (χ1) is 5.79. The molecule has 0 amide bonds. The third-order valence-electron chi connectivity index (χ3n) is 1.70. The maximum absolute atomic E-state index is 4.12. The Bertz CT molecular complexity index is 396. The molecule has 0 spiro atoms. The SMILES string of the molecule is CC(C)n1[c-]nc2cncnc21.[Y]. The summed E-state index contributed by atoms with van der Waals surface area (Å²) in [6.45, 7) is 4.14. The number of rotatable bonds is 1. The van der Waals surface area contributed by atoms with Crippen molar-refractivity contribution < 1.29 is 32.7 Å². The van der Waals surface area contributed by atoms with Crippen molar-refractivity contribution in [3.63, 3.8) is 0 Å². The average molecular weight is 250 g/mol. The van der Waals surface area contributed by atoms with E-state index in [0.29, 0.717) is 6.04 Å². The van der Waals surface area contributed by atoms with Crippen molar-refractivity contribution in [2.45, 2.75) is 19.9 Å². The standard InChI is InChI=1S/C8H9N4.Y/c1-6(2)12-5-11-7-3-9-4-10-8(7)12;/h3-4,6H,1-2H3;/q-1;. The smallest absolute Gasteiger partial charge is 0.101 e. The van der Waals surface area contributed by atoms with Gasteiger partial charge >= 0.3 is 0 Å². The molecule has 0 aliphatic heterocycles. The van der Waals surface area contributed by atoms with E-state index in [4.69, 9.17) is 0 Å². The van der Waals surface area contributed by atoms with Crippen molar-refractivity contribution in [2.75, 3.05) is 0 Å². The van der Waals surface area contributed by atoms with Crippen molar-refractivity contribution in [1.82, 2.24) is 19.5 Å². The number of nitrogens with zero attached hydrogens (tertiary/aromatic N) is 4. The van der Waals surface area contributed by atoms with Crippen molar-refractivity contribution in [2.24, 2.45) is 0 Å². The Balaban J connectivity index is 0.000000845. The van der Waals surface area contributed by atoms with Crippen LogP contribution < -0.4 is 0 Å². The van der Waals surface area contributed by atoms with Gasteiger partial charge in [0.2, 0.25) is 0 Å². The second kappa shape index (κ2) is 4.24. The molecule has 65 valence electrons. The topological polar surface area (TPSA) is 43.6 Å². The van der Waals surface area contributed by atoms with Crippen LogP contribution in [0.25, 0.3) is 11.2 Å². The van der Waals surface area contributed by atoms with E-state index in [1.807, 2.05) is 4.57 Å². The first-order valence-electron chi connectivity index (χ1n) is 3.84. The summed E-state index contributed by atoms with van der Waals surface area (Å²) in [5, 5.41) is 0. The second-order valence-corrected chi connectivity index (χ2v) is 2.91. The summed E-state index contributed by atoms with van der Waals surface area (Å²) in [6.07, 6.45) is 6.09. The van der Waals surface area contributed by atoms with Crippen LogP contribution in [-0.4, -0.2) is 19.5 Å². The van der Waals surface area contributed by atoms with E-state index in [2.05, 4.69) is 35.1 Å². The zero-order chi connectivity index (χ0) is 8.55. The molecule has 2 aromatic heterocycles. The van der Waals surface area contributed by atoms with Gasteiger partial charge in [0.15, 0.2) is 0 Å². The Kier molecular flexibility index (Phi) is 3.50. The van der Waals surface area contributed by atoms with E-state index in [-0.39, 0.29) is 32.7 Å². The van der Waals surface area contributed by atoms with Crippen LogP contribution in [0.15, 0.2) is 12.5 Å². The summed E-state index contributed by atoms with van der Waals surface area (Å²) in [4.78, 5) is 12.1. The van der Waals surface area contributed by atoms with Crippen molar-refractivity contribution in [1.29, 1.82) is 0 Å². The van der Waals surface area contributed by atoms with Gasteiger partial charge in [-0.05, 0) is 25.6 Å². The second-order valence-electron chi connectivity index (χ2n) is 2.91. The van der Waals surface area contributed by atoms with Crippen LogP contribution in [0.3, 0.4) is 0 Å². The van der Waals surface area contributed by atoms with Crippen LogP contribution in [0.2, 0.25) is 0 Å². The Hall–Kier alpha value is -0.346. The van der Waals surface area contributed by atoms with Gasteiger partial charge in [-0.2, -0.15) is 0 Å². The van der Waals surface area contributed by atoms with Gasteiger partial charge in [0, 0.05) is 50.7 Å². The molecule has 0 aliphatic rings. The molecule has 2 rings (SSSR count). The van der Waals surface area contributed by atoms with E-state index < -0.39 is 0 Å². The minimum Gasteiger partial charge on any atom is -0.430 e. The summed E-state index contributed by atoms with van der Waals surface area (Å²) in [7, 11) is 0. The quantitative estimate of drug-likeness (QED) is 0.714. The molecule has 0 saturated carbocycles. The number of aromatic nitrogens is 4.